The maximum absolute atomic E-state index is 12.2. The van der Waals surface area contributed by atoms with Crippen molar-refractivity contribution in [3.63, 3.8) is 0 Å². The predicted octanol–water partition coefficient (Wildman–Crippen LogP) is 1.60. The number of carbonyl (C=O) groups is 1. The predicted molar refractivity (Wildman–Crippen MR) is 81.8 cm³/mol. The van der Waals surface area contributed by atoms with Crippen LogP contribution in [0.5, 0.6) is 0 Å². The fourth-order valence-electron chi connectivity index (χ4n) is 1.99. The van der Waals surface area contributed by atoms with Gasteiger partial charge in [0.05, 0.1) is 22.3 Å². The highest BCUT2D eigenvalue weighted by Crippen LogP contribution is 2.15. The SMILES string of the molecule is O=C(Cn1ncc(Cl)c(Cl)c1=O)c1ccc2[nH]c(=O)[nH]c2c1. The second-order valence-corrected chi connectivity index (χ2v) is 5.32. The molecule has 3 rings (SSSR count). The molecule has 0 atom stereocenters. The number of imidazole rings is 1. The molecule has 0 aliphatic carbocycles. The van der Waals surface area contributed by atoms with Gasteiger partial charge in [-0.05, 0) is 18.2 Å². The van der Waals surface area contributed by atoms with Crippen LogP contribution in [0.3, 0.4) is 0 Å². The van der Waals surface area contributed by atoms with Crippen LogP contribution in [0.25, 0.3) is 11.0 Å². The van der Waals surface area contributed by atoms with Gasteiger partial charge in [0.2, 0.25) is 0 Å². The number of H-pyrrole nitrogens is 2. The van der Waals surface area contributed by atoms with E-state index >= 15 is 0 Å². The van der Waals surface area contributed by atoms with Crippen LogP contribution in [-0.2, 0) is 6.54 Å². The highest BCUT2D eigenvalue weighted by atomic mass is 35.5. The van der Waals surface area contributed by atoms with Crippen LogP contribution in [0.4, 0.5) is 0 Å². The average Bonchev–Trinajstić information content (AvgIpc) is 2.86. The molecule has 0 fully saturated rings. The van der Waals surface area contributed by atoms with E-state index < -0.39 is 5.56 Å². The average molecular weight is 339 g/mol. The van der Waals surface area contributed by atoms with Crippen molar-refractivity contribution < 1.29 is 4.79 Å². The molecule has 0 radical (unpaired) electrons. The van der Waals surface area contributed by atoms with Gasteiger partial charge in [-0.3, -0.25) is 9.59 Å². The number of hydrogen-bond acceptors (Lipinski definition) is 4. The van der Waals surface area contributed by atoms with Crippen LogP contribution in [0.2, 0.25) is 10.0 Å². The minimum atomic E-state index is -0.640. The molecule has 0 amide bonds. The Morgan fingerprint density at radius 2 is 1.91 bits per heavy atom. The highest BCUT2D eigenvalue weighted by molar-refractivity contribution is 6.41. The van der Waals surface area contributed by atoms with Crippen LogP contribution >= 0.6 is 23.2 Å². The molecule has 0 unspecified atom stereocenters. The number of rotatable bonds is 3. The largest absolute Gasteiger partial charge is 0.323 e. The molecule has 22 heavy (non-hydrogen) atoms. The lowest BCUT2D eigenvalue weighted by atomic mass is 10.1. The number of carbonyl (C=O) groups excluding carboxylic acids is 1. The molecule has 0 bridgehead atoms. The standard InChI is InChI=1S/C13H8Cl2N4O3/c14-7-4-16-19(12(21)11(7)15)5-10(20)6-1-2-8-9(3-6)18-13(22)17-8/h1-4H,5H2,(H2,17,18,22). The third-order valence-corrected chi connectivity index (χ3v) is 3.82. The van der Waals surface area contributed by atoms with E-state index in [2.05, 4.69) is 15.1 Å². The lowest BCUT2D eigenvalue weighted by molar-refractivity contribution is 0.0966. The first kappa shape index (κ1) is 14.6. The lowest BCUT2D eigenvalue weighted by Crippen LogP contribution is -2.27. The number of Topliss-reactive ketones (excluding diaryl/α,β-unsaturated/α-hetero) is 1. The van der Waals surface area contributed by atoms with Gasteiger partial charge < -0.3 is 9.97 Å². The van der Waals surface area contributed by atoms with Crippen molar-refractivity contribution in [1.82, 2.24) is 19.7 Å². The zero-order valence-corrected chi connectivity index (χ0v) is 12.4. The van der Waals surface area contributed by atoms with Crippen molar-refractivity contribution in [2.24, 2.45) is 0 Å². The van der Waals surface area contributed by atoms with Crippen LogP contribution in [0, 0.1) is 0 Å². The summed E-state index contributed by atoms with van der Waals surface area (Å²) < 4.78 is 0.931. The first-order valence-corrected chi connectivity index (χ1v) is 6.87. The van der Waals surface area contributed by atoms with E-state index in [4.69, 9.17) is 23.2 Å². The van der Waals surface area contributed by atoms with Gasteiger partial charge in [-0.15, -0.1) is 0 Å². The highest BCUT2D eigenvalue weighted by Gasteiger charge is 2.13. The smallest absolute Gasteiger partial charge is 0.306 e. The third kappa shape index (κ3) is 2.56. The molecule has 0 saturated carbocycles. The van der Waals surface area contributed by atoms with Crippen molar-refractivity contribution in [2.75, 3.05) is 0 Å². The van der Waals surface area contributed by atoms with Crippen molar-refractivity contribution >= 4 is 40.0 Å². The van der Waals surface area contributed by atoms with Gasteiger partial charge in [0.15, 0.2) is 5.78 Å². The summed E-state index contributed by atoms with van der Waals surface area (Å²) in [5, 5.41) is 3.62. The molecule has 0 spiro atoms. The molecular weight excluding hydrogens is 331 g/mol. The summed E-state index contributed by atoms with van der Waals surface area (Å²) >= 11 is 11.4. The zero-order chi connectivity index (χ0) is 15.9. The Bertz CT molecular complexity index is 1000. The van der Waals surface area contributed by atoms with Gasteiger partial charge in [0.25, 0.3) is 5.56 Å². The molecule has 9 heteroatoms. The fraction of sp³-hybridized carbons (Fsp3) is 0.0769. The van der Waals surface area contributed by atoms with E-state index in [1.807, 2.05) is 0 Å². The summed E-state index contributed by atoms with van der Waals surface area (Å²) in [7, 11) is 0. The van der Waals surface area contributed by atoms with Crippen LogP contribution in [0.15, 0.2) is 34.0 Å². The summed E-state index contributed by atoms with van der Waals surface area (Å²) in [6.07, 6.45) is 1.20. The van der Waals surface area contributed by atoms with Gasteiger partial charge in [-0.25, -0.2) is 9.48 Å². The molecule has 2 N–H and O–H groups in total. The molecule has 2 heterocycles. The Hall–Kier alpha value is -2.38. The van der Waals surface area contributed by atoms with Gasteiger partial charge in [0, 0.05) is 5.56 Å². The lowest BCUT2D eigenvalue weighted by Gasteiger charge is -2.05. The Morgan fingerprint density at radius 1 is 1.18 bits per heavy atom. The first-order chi connectivity index (χ1) is 10.5. The summed E-state index contributed by atoms with van der Waals surface area (Å²) in [5.74, 6) is -0.350. The van der Waals surface area contributed by atoms with Crippen molar-refractivity contribution in [3.8, 4) is 0 Å². The van der Waals surface area contributed by atoms with E-state index in [1.54, 1.807) is 12.1 Å². The van der Waals surface area contributed by atoms with E-state index in [-0.39, 0.29) is 28.1 Å². The zero-order valence-electron chi connectivity index (χ0n) is 10.9. The minimum Gasteiger partial charge on any atom is -0.306 e. The molecule has 0 aliphatic heterocycles. The molecule has 7 nitrogen and oxygen atoms in total. The summed E-state index contributed by atoms with van der Waals surface area (Å²) in [6.45, 7) is -0.282. The molecule has 2 aromatic heterocycles. The van der Waals surface area contributed by atoms with Crippen LogP contribution in [-0.4, -0.2) is 25.5 Å². The fourth-order valence-corrected chi connectivity index (χ4v) is 2.26. The summed E-state index contributed by atoms with van der Waals surface area (Å²) in [4.78, 5) is 40.4. The van der Waals surface area contributed by atoms with Crippen LogP contribution < -0.4 is 11.2 Å². The third-order valence-electron chi connectivity index (χ3n) is 3.07. The van der Waals surface area contributed by atoms with Gasteiger partial charge in [0.1, 0.15) is 11.6 Å². The van der Waals surface area contributed by atoms with E-state index in [9.17, 15) is 14.4 Å². The topological polar surface area (TPSA) is 101 Å². The Kier molecular flexibility index (Phi) is 3.59. The number of halogens is 2. The number of benzene rings is 1. The molecule has 0 aliphatic rings. The van der Waals surface area contributed by atoms with E-state index in [0.29, 0.717) is 16.6 Å². The number of aromatic amines is 2. The Labute approximate surface area is 132 Å². The van der Waals surface area contributed by atoms with Crippen molar-refractivity contribution in [1.29, 1.82) is 0 Å². The molecule has 112 valence electrons. The Morgan fingerprint density at radius 3 is 2.68 bits per heavy atom. The number of nitrogens with one attached hydrogen (secondary N) is 2. The van der Waals surface area contributed by atoms with Crippen LogP contribution in [0.1, 0.15) is 10.4 Å². The second-order valence-electron chi connectivity index (χ2n) is 4.53. The van der Waals surface area contributed by atoms with E-state index in [1.165, 1.54) is 12.3 Å². The number of hydrogen-bond donors (Lipinski definition) is 2. The molecule has 1 aromatic carbocycles. The van der Waals surface area contributed by atoms with Gasteiger partial charge in [-0.1, -0.05) is 23.2 Å². The number of ketones is 1. The number of nitrogens with zero attached hydrogens (tertiary/aromatic N) is 2. The maximum Gasteiger partial charge on any atom is 0.323 e. The summed E-state index contributed by atoms with van der Waals surface area (Å²) in [5.41, 5.74) is 0.430. The normalized spacial score (nSPS) is 11.0. The maximum atomic E-state index is 12.2. The first-order valence-electron chi connectivity index (χ1n) is 6.12. The minimum absolute atomic E-state index is 0.0293. The quantitative estimate of drug-likeness (QED) is 0.708. The second kappa shape index (κ2) is 5.43. The number of fused-ring (bicyclic) bond motifs is 1. The molecule has 0 saturated heterocycles. The van der Waals surface area contributed by atoms with Gasteiger partial charge in [-0.2, -0.15) is 5.10 Å². The van der Waals surface area contributed by atoms with Crippen molar-refractivity contribution in [2.45, 2.75) is 6.54 Å². The molecule has 3 aromatic rings. The Balaban J connectivity index is 1.94. The number of aromatic nitrogens is 4. The summed E-state index contributed by atoms with van der Waals surface area (Å²) in [6, 6.07) is 4.68. The monoisotopic (exact) mass is 338 g/mol. The van der Waals surface area contributed by atoms with Gasteiger partial charge >= 0.3 is 5.69 Å². The van der Waals surface area contributed by atoms with Crippen molar-refractivity contribution in [3.05, 3.63) is 60.8 Å². The van der Waals surface area contributed by atoms with E-state index in [0.717, 1.165) is 4.68 Å². The molecular formula is C13H8Cl2N4O3.